The van der Waals surface area contributed by atoms with Crippen LogP contribution in [0.15, 0.2) is 18.2 Å². The van der Waals surface area contributed by atoms with Crippen LogP contribution in [-0.2, 0) is 28.7 Å². The predicted octanol–water partition coefficient (Wildman–Crippen LogP) is 1.34. The molecule has 1 aliphatic rings. The first kappa shape index (κ1) is 21.7. The van der Waals surface area contributed by atoms with Crippen molar-refractivity contribution in [3.63, 3.8) is 0 Å². The van der Waals surface area contributed by atoms with Crippen molar-refractivity contribution in [3.05, 3.63) is 23.8 Å². The Morgan fingerprint density at radius 1 is 0.893 bits per heavy atom. The van der Waals surface area contributed by atoms with Crippen LogP contribution in [0.1, 0.15) is 25.3 Å². The summed E-state index contributed by atoms with van der Waals surface area (Å²) in [7, 11) is 2.67. The highest BCUT2D eigenvalue weighted by atomic mass is 16.7. The molecule has 8 nitrogen and oxygen atoms in total. The summed E-state index contributed by atoms with van der Waals surface area (Å²) in [6.07, 6.45) is 0. The van der Waals surface area contributed by atoms with Gasteiger partial charge < -0.3 is 18.9 Å². The number of fused-ring (bicyclic) bond motifs is 1. The molecule has 2 rings (SSSR count). The monoisotopic (exact) mass is 392 g/mol. The lowest BCUT2D eigenvalue weighted by Gasteiger charge is -2.30. The van der Waals surface area contributed by atoms with Gasteiger partial charge in [-0.1, -0.05) is 6.07 Å². The van der Waals surface area contributed by atoms with Crippen LogP contribution in [0.4, 0.5) is 0 Å². The summed E-state index contributed by atoms with van der Waals surface area (Å²) >= 11 is 0. The lowest BCUT2D eigenvalue weighted by molar-refractivity contribution is -0.139. The summed E-state index contributed by atoms with van der Waals surface area (Å²) in [5, 5.41) is 0. The number of carbonyl (C=O) groups is 4. The molecule has 1 aromatic rings. The lowest BCUT2D eigenvalue weighted by atomic mass is 9.70. The quantitative estimate of drug-likeness (QED) is 0.520. The molecule has 0 fully saturated rings. The molecule has 0 amide bonds. The summed E-state index contributed by atoms with van der Waals surface area (Å²) in [5.41, 5.74) is 0.457. The van der Waals surface area contributed by atoms with Crippen LogP contribution in [0.2, 0.25) is 0 Å². The number of benzene rings is 1. The smallest absolute Gasteiger partial charge is 0.231 e. The first-order chi connectivity index (χ1) is 13.3. The number of methoxy groups -OCH3 is 2. The molecule has 0 aromatic heterocycles. The van der Waals surface area contributed by atoms with Crippen LogP contribution in [0.5, 0.6) is 11.5 Å². The maximum absolute atomic E-state index is 12.7. The van der Waals surface area contributed by atoms with Gasteiger partial charge in [0, 0.05) is 20.1 Å². The zero-order valence-corrected chi connectivity index (χ0v) is 16.4. The Hall–Kier alpha value is -2.58. The number of hydrogen-bond donors (Lipinski definition) is 0. The molecule has 2 atom stereocenters. The molecule has 1 aromatic carbocycles. The molecule has 0 N–H and O–H groups in total. The lowest BCUT2D eigenvalue weighted by Crippen LogP contribution is -2.41. The van der Waals surface area contributed by atoms with Crippen molar-refractivity contribution >= 4 is 23.1 Å². The van der Waals surface area contributed by atoms with Crippen LogP contribution in [0, 0.1) is 11.8 Å². The maximum Gasteiger partial charge on any atom is 0.231 e. The fourth-order valence-corrected chi connectivity index (χ4v) is 3.52. The average molecular weight is 392 g/mol. The molecule has 1 aliphatic heterocycles. The van der Waals surface area contributed by atoms with Gasteiger partial charge in [0.1, 0.15) is 24.8 Å². The van der Waals surface area contributed by atoms with Gasteiger partial charge in [-0.05, 0) is 31.5 Å². The second kappa shape index (κ2) is 9.57. The molecule has 0 saturated heterocycles. The Kier molecular flexibility index (Phi) is 7.42. The Balaban J connectivity index is 2.61. The molecule has 152 valence electrons. The van der Waals surface area contributed by atoms with Crippen molar-refractivity contribution in [1.29, 1.82) is 0 Å². The third-order valence-electron chi connectivity index (χ3n) is 4.64. The second-order valence-corrected chi connectivity index (χ2v) is 6.61. The molecule has 0 spiro atoms. The maximum atomic E-state index is 12.7. The van der Waals surface area contributed by atoms with E-state index in [1.54, 1.807) is 18.2 Å². The standard InChI is InChI=1S/C20H24O8/c1-11(21)18(14(23)8-25-3)20(19(12(2)22)15(24)9-26-4)13-5-6-16-17(7-13)28-10-27-16/h5-7,18-20H,8-10H2,1-4H3. The van der Waals surface area contributed by atoms with Crippen molar-refractivity contribution in [2.75, 3.05) is 34.2 Å². The number of Topliss-reactive ketones (excluding diaryl/α,β-unsaturated/α-hetero) is 4. The van der Waals surface area contributed by atoms with Crippen LogP contribution in [-0.4, -0.2) is 57.4 Å². The minimum Gasteiger partial charge on any atom is -0.454 e. The summed E-state index contributed by atoms with van der Waals surface area (Å²) < 4.78 is 20.5. The highest BCUT2D eigenvalue weighted by molar-refractivity contribution is 6.08. The van der Waals surface area contributed by atoms with E-state index in [4.69, 9.17) is 18.9 Å². The Morgan fingerprint density at radius 3 is 1.86 bits per heavy atom. The third kappa shape index (κ3) is 4.63. The average Bonchev–Trinajstić information content (AvgIpc) is 3.08. The molecule has 0 aliphatic carbocycles. The molecule has 2 unspecified atom stereocenters. The molecular formula is C20H24O8. The number of carbonyl (C=O) groups excluding carboxylic acids is 4. The third-order valence-corrected chi connectivity index (χ3v) is 4.64. The van der Waals surface area contributed by atoms with Crippen molar-refractivity contribution in [3.8, 4) is 11.5 Å². The SMILES string of the molecule is COCC(=O)C(C(C)=O)C(c1ccc2c(c1)OCO2)C(C(C)=O)C(=O)COC. The van der Waals surface area contributed by atoms with Gasteiger partial charge in [0.2, 0.25) is 6.79 Å². The number of hydrogen-bond acceptors (Lipinski definition) is 8. The Labute approximate surface area is 163 Å². The highest BCUT2D eigenvalue weighted by Gasteiger charge is 2.43. The minimum absolute atomic E-state index is 0.0426. The zero-order valence-electron chi connectivity index (χ0n) is 16.4. The van der Waals surface area contributed by atoms with Gasteiger partial charge >= 0.3 is 0 Å². The van der Waals surface area contributed by atoms with E-state index in [1.807, 2.05) is 0 Å². The fraction of sp³-hybridized carbons (Fsp3) is 0.500. The Morgan fingerprint density at radius 2 is 1.39 bits per heavy atom. The molecule has 1 heterocycles. The molecule has 0 radical (unpaired) electrons. The molecule has 8 heteroatoms. The molecular weight excluding hydrogens is 368 g/mol. The predicted molar refractivity (Wildman–Crippen MR) is 97.4 cm³/mol. The number of ether oxygens (including phenoxy) is 4. The number of ketones is 4. The van der Waals surface area contributed by atoms with Gasteiger partial charge in [-0.15, -0.1) is 0 Å². The van der Waals surface area contributed by atoms with Crippen molar-refractivity contribution in [2.45, 2.75) is 19.8 Å². The van der Waals surface area contributed by atoms with Crippen LogP contribution >= 0.6 is 0 Å². The van der Waals surface area contributed by atoms with E-state index in [1.165, 1.54) is 28.1 Å². The van der Waals surface area contributed by atoms with Crippen molar-refractivity contribution in [1.82, 2.24) is 0 Å². The van der Waals surface area contributed by atoms with Gasteiger partial charge in [-0.2, -0.15) is 0 Å². The zero-order chi connectivity index (χ0) is 20.8. The van der Waals surface area contributed by atoms with E-state index in [0.717, 1.165) is 0 Å². The van der Waals surface area contributed by atoms with Gasteiger partial charge in [-0.3, -0.25) is 19.2 Å². The summed E-state index contributed by atoms with van der Waals surface area (Å²) in [5.74, 6) is -4.45. The van der Waals surface area contributed by atoms with Gasteiger partial charge in [0.05, 0.1) is 11.8 Å². The van der Waals surface area contributed by atoms with E-state index in [9.17, 15) is 19.2 Å². The summed E-state index contributed by atoms with van der Waals surface area (Å²) in [6.45, 7) is 1.94. The van der Waals surface area contributed by atoms with E-state index in [2.05, 4.69) is 0 Å². The fourth-order valence-electron chi connectivity index (χ4n) is 3.52. The molecule has 28 heavy (non-hydrogen) atoms. The Bertz CT molecular complexity index is 733. The molecule has 0 saturated carbocycles. The summed E-state index contributed by atoms with van der Waals surface area (Å²) in [4.78, 5) is 50.2. The van der Waals surface area contributed by atoms with Crippen LogP contribution < -0.4 is 9.47 Å². The van der Waals surface area contributed by atoms with E-state index in [-0.39, 0.29) is 20.0 Å². The van der Waals surface area contributed by atoms with E-state index < -0.39 is 40.9 Å². The first-order valence-corrected chi connectivity index (χ1v) is 8.75. The molecule has 0 bridgehead atoms. The minimum atomic E-state index is -1.23. The first-order valence-electron chi connectivity index (χ1n) is 8.75. The van der Waals surface area contributed by atoms with E-state index >= 15 is 0 Å². The second-order valence-electron chi connectivity index (χ2n) is 6.61. The van der Waals surface area contributed by atoms with Gasteiger partial charge in [0.15, 0.2) is 23.1 Å². The van der Waals surface area contributed by atoms with Gasteiger partial charge in [-0.25, -0.2) is 0 Å². The summed E-state index contributed by atoms with van der Waals surface area (Å²) in [6, 6.07) is 4.85. The number of rotatable bonds is 11. The van der Waals surface area contributed by atoms with Crippen molar-refractivity contribution < 1.29 is 38.1 Å². The van der Waals surface area contributed by atoms with Crippen LogP contribution in [0.3, 0.4) is 0 Å². The topological polar surface area (TPSA) is 105 Å². The van der Waals surface area contributed by atoms with E-state index in [0.29, 0.717) is 17.1 Å². The largest absolute Gasteiger partial charge is 0.454 e. The highest BCUT2D eigenvalue weighted by Crippen LogP contribution is 2.40. The van der Waals surface area contributed by atoms with Gasteiger partial charge in [0.25, 0.3) is 0 Å². The normalized spacial score (nSPS) is 15.6. The van der Waals surface area contributed by atoms with Crippen LogP contribution in [0.25, 0.3) is 0 Å². The van der Waals surface area contributed by atoms with Crippen molar-refractivity contribution in [2.24, 2.45) is 11.8 Å².